The molecule has 3 atom stereocenters. The van der Waals surface area contributed by atoms with Crippen LogP contribution in [0.5, 0.6) is 5.75 Å². The van der Waals surface area contributed by atoms with Gasteiger partial charge in [0, 0.05) is 18.9 Å². The van der Waals surface area contributed by atoms with Gasteiger partial charge in [-0.05, 0) is 24.5 Å². The maximum Gasteiger partial charge on any atom is 0.123 e. The van der Waals surface area contributed by atoms with E-state index in [2.05, 4.69) is 17.6 Å². The van der Waals surface area contributed by atoms with E-state index >= 15 is 0 Å². The molecule has 1 saturated heterocycles. The van der Waals surface area contributed by atoms with Gasteiger partial charge in [-0.1, -0.05) is 18.2 Å². The van der Waals surface area contributed by atoms with Crippen LogP contribution in [0.15, 0.2) is 24.3 Å². The van der Waals surface area contributed by atoms with Crippen molar-refractivity contribution in [2.45, 2.75) is 31.4 Å². The Balaban J connectivity index is 1.71. The van der Waals surface area contributed by atoms with Crippen molar-refractivity contribution in [3.63, 3.8) is 0 Å². The van der Waals surface area contributed by atoms with Crippen LogP contribution >= 0.6 is 0 Å². The first-order chi connectivity index (χ1) is 8.88. The summed E-state index contributed by atoms with van der Waals surface area (Å²) >= 11 is 0. The molecule has 0 aromatic heterocycles. The van der Waals surface area contributed by atoms with E-state index in [0.717, 1.165) is 38.2 Å². The van der Waals surface area contributed by atoms with E-state index in [9.17, 15) is 0 Å². The van der Waals surface area contributed by atoms with Gasteiger partial charge in [0.25, 0.3) is 0 Å². The third-order valence-corrected chi connectivity index (χ3v) is 3.97. The van der Waals surface area contributed by atoms with Crippen LogP contribution in [0.25, 0.3) is 0 Å². The minimum absolute atomic E-state index is 0.124. The fourth-order valence-electron chi connectivity index (χ4n) is 3.01. The number of rotatable bonds is 3. The van der Waals surface area contributed by atoms with Crippen molar-refractivity contribution in [3.05, 3.63) is 29.8 Å². The Morgan fingerprint density at radius 3 is 2.94 bits per heavy atom. The minimum atomic E-state index is 0.124. The van der Waals surface area contributed by atoms with Gasteiger partial charge in [-0.25, -0.2) is 0 Å². The molecule has 1 fully saturated rings. The molecule has 0 spiro atoms. The van der Waals surface area contributed by atoms with Crippen molar-refractivity contribution >= 4 is 0 Å². The largest absolute Gasteiger partial charge is 0.488 e. The quantitative estimate of drug-likeness (QED) is 0.624. The highest BCUT2D eigenvalue weighted by Crippen LogP contribution is 2.32. The minimum Gasteiger partial charge on any atom is -0.488 e. The molecule has 2 aliphatic rings. The third-order valence-electron chi connectivity index (χ3n) is 3.97. The predicted octanol–water partition coefficient (Wildman–Crippen LogP) is 1.25. The van der Waals surface area contributed by atoms with Gasteiger partial charge in [0.2, 0.25) is 0 Å². The fraction of sp³-hybridized carbons (Fsp3) is 0.571. The molecule has 0 radical (unpaired) electrons. The van der Waals surface area contributed by atoms with E-state index in [1.54, 1.807) is 0 Å². The average molecular weight is 248 g/mol. The second kappa shape index (κ2) is 5.26. The first-order valence-electron chi connectivity index (χ1n) is 6.67. The molecule has 1 aromatic rings. The Morgan fingerprint density at radius 1 is 1.33 bits per heavy atom. The number of fused-ring (bicyclic) bond motifs is 1. The van der Waals surface area contributed by atoms with Crippen molar-refractivity contribution in [2.24, 2.45) is 11.8 Å². The van der Waals surface area contributed by atoms with Crippen molar-refractivity contribution in [3.8, 4) is 5.75 Å². The lowest BCUT2D eigenvalue weighted by molar-refractivity contribution is 0.0165. The highest BCUT2D eigenvalue weighted by atomic mass is 16.5. The number of hydrogen-bond donors (Lipinski definition) is 2. The van der Waals surface area contributed by atoms with Gasteiger partial charge >= 0.3 is 0 Å². The van der Waals surface area contributed by atoms with E-state index in [-0.39, 0.29) is 12.1 Å². The second-order valence-corrected chi connectivity index (χ2v) is 5.14. The van der Waals surface area contributed by atoms with Crippen LogP contribution < -0.4 is 16.0 Å². The molecule has 3 N–H and O–H groups in total. The summed E-state index contributed by atoms with van der Waals surface area (Å²) in [7, 11) is 0. The van der Waals surface area contributed by atoms with Gasteiger partial charge in [0.15, 0.2) is 0 Å². The molecule has 0 amide bonds. The first-order valence-corrected chi connectivity index (χ1v) is 6.67. The van der Waals surface area contributed by atoms with Gasteiger partial charge in [-0.15, -0.1) is 0 Å². The zero-order chi connectivity index (χ0) is 12.4. The molecule has 1 aromatic carbocycles. The normalized spacial score (nSPS) is 28.5. The van der Waals surface area contributed by atoms with E-state index in [4.69, 9.17) is 15.3 Å². The van der Waals surface area contributed by atoms with Crippen LogP contribution in [0.4, 0.5) is 0 Å². The lowest BCUT2D eigenvalue weighted by atomic mass is 9.89. The van der Waals surface area contributed by atoms with Crippen molar-refractivity contribution in [1.29, 1.82) is 0 Å². The zero-order valence-electron chi connectivity index (χ0n) is 10.5. The van der Waals surface area contributed by atoms with Gasteiger partial charge in [0.05, 0.1) is 12.6 Å². The molecule has 0 saturated carbocycles. The average Bonchev–Trinajstić information content (AvgIpc) is 2.84. The Kier molecular flexibility index (Phi) is 3.50. The number of hydrogen-bond acceptors (Lipinski definition) is 4. The Labute approximate surface area is 107 Å². The third kappa shape index (κ3) is 2.23. The summed E-state index contributed by atoms with van der Waals surface area (Å²) in [5.74, 6) is 7.18. The van der Waals surface area contributed by atoms with Crippen LogP contribution in [0.1, 0.15) is 18.4 Å². The summed E-state index contributed by atoms with van der Waals surface area (Å²) in [6, 6.07) is 8.38. The molecular weight excluding hydrogens is 228 g/mol. The number of nitrogens with one attached hydrogen (secondary N) is 1. The predicted molar refractivity (Wildman–Crippen MR) is 69.2 cm³/mol. The Hall–Kier alpha value is -1.10. The fourth-order valence-corrected chi connectivity index (χ4v) is 3.01. The van der Waals surface area contributed by atoms with Crippen LogP contribution in [0, 0.1) is 5.92 Å². The molecule has 0 bridgehead atoms. The summed E-state index contributed by atoms with van der Waals surface area (Å²) in [6.45, 7) is 1.66. The molecule has 2 heterocycles. The summed E-state index contributed by atoms with van der Waals surface area (Å²) < 4.78 is 11.6. The molecule has 2 aliphatic heterocycles. The van der Waals surface area contributed by atoms with Crippen LogP contribution in [0.2, 0.25) is 0 Å². The number of para-hydroxylation sites is 1. The molecular formula is C14H20N2O2. The molecule has 0 aliphatic carbocycles. The van der Waals surface area contributed by atoms with Crippen LogP contribution in [-0.4, -0.2) is 25.4 Å². The van der Waals surface area contributed by atoms with Gasteiger partial charge < -0.3 is 9.47 Å². The number of nitrogens with two attached hydrogens (primary N) is 1. The lowest BCUT2D eigenvalue weighted by Crippen LogP contribution is -2.52. The maximum absolute atomic E-state index is 6.02. The standard InChI is InChI=1S/C14H20N2O2/c15-16-14(11-5-3-7-17-9-11)13-8-10-4-1-2-6-12(10)18-13/h1-2,4,6,11,13-14,16H,3,5,7-9,15H2. The molecule has 18 heavy (non-hydrogen) atoms. The zero-order valence-corrected chi connectivity index (χ0v) is 10.5. The molecule has 3 unspecified atom stereocenters. The van der Waals surface area contributed by atoms with E-state index in [1.165, 1.54) is 5.56 Å². The molecule has 4 heteroatoms. The topological polar surface area (TPSA) is 56.5 Å². The maximum atomic E-state index is 6.02. The van der Waals surface area contributed by atoms with Crippen molar-refractivity contribution in [2.75, 3.05) is 13.2 Å². The van der Waals surface area contributed by atoms with Crippen LogP contribution in [0.3, 0.4) is 0 Å². The van der Waals surface area contributed by atoms with E-state index in [0.29, 0.717) is 5.92 Å². The molecule has 3 rings (SSSR count). The number of hydrazine groups is 1. The lowest BCUT2D eigenvalue weighted by Gasteiger charge is -2.33. The summed E-state index contributed by atoms with van der Waals surface area (Å²) in [4.78, 5) is 0. The molecule has 98 valence electrons. The monoisotopic (exact) mass is 248 g/mol. The van der Waals surface area contributed by atoms with Crippen molar-refractivity contribution in [1.82, 2.24) is 5.43 Å². The van der Waals surface area contributed by atoms with Crippen molar-refractivity contribution < 1.29 is 9.47 Å². The van der Waals surface area contributed by atoms with Gasteiger partial charge in [-0.3, -0.25) is 11.3 Å². The number of ether oxygens (including phenoxy) is 2. The summed E-state index contributed by atoms with van der Waals surface area (Å²) in [6.07, 6.45) is 3.33. The Bertz CT molecular complexity index is 380. The molecule has 4 nitrogen and oxygen atoms in total. The summed E-state index contributed by atoms with van der Waals surface area (Å²) in [5.41, 5.74) is 4.22. The van der Waals surface area contributed by atoms with Gasteiger partial charge in [-0.2, -0.15) is 0 Å². The van der Waals surface area contributed by atoms with Crippen LogP contribution in [-0.2, 0) is 11.2 Å². The second-order valence-electron chi connectivity index (χ2n) is 5.14. The smallest absolute Gasteiger partial charge is 0.123 e. The highest BCUT2D eigenvalue weighted by Gasteiger charge is 2.35. The number of benzene rings is 1. The van der Waals surface area contributed by atoms with Gasteiger partial charge in [0.1, 0.15) is 11.9 Å². The summed E-state index contributed by atoms with van der Waals surface area (Å²) in [5, 5.41) is 0. The SMILES string of the molecule is NNC(C1CCCOC1)C1Cc2ccccc2O1. The Morgan fingerprint density at radius 2 is 2.22 bits per heavy atom. The van der Waals surface area contributed by atoms with E-state index in [1.807, 2.05) is 12.1 Å². The first kappa shape index (κ1) is 12.0. The van der Waals surface area contributed by atoms with E-state index < -0.39 is 0 Å². The highest BCUT2D eigenvalue weighted by molar-refractivity contribution is 5.37.